The number of nitrogens with one attached hydrogen (secondary N) is 1. The highest BCUT2D eigenvalue weighted by Gasteiger charge is 2.29. The maximum Gasteiger partial charge on any atom is 0.260 e. The van der Waals surface area contributed by atoms with Gasteiger partial charge in [-0.25, -0.2) is 0 Å². The van der Waals surface area contributed by atoms with E-state index in [-0.39, 0.29) is 18.1 Å². The zero-order valence-corrected chi connectivity index (χ0v) is 20.4. The van der Waals surface area contributed by atoms with Gasteiger partial charge in [-0.1, -0.05) is 66.7 Å². The van der Waals surface area contributed by atoms with Gasteiger partial charge in [0, 0.05) is 26.2 Å². The quantitative estimate of drug-likeness (QED) is 0.509. The first kappa shape index (κ1) is 23.6. The molecule has 3 aromatic rings. The highest BCUT2D eigenvalue weighted by molar-refractivity contribution is 5.80. The van der Waals surface area contributed by atoms with Crippen molar-refractivity contribution < 1.29 is 14.3 Å². The molecule has 3 atom stereocenters. The highest BCUT2D eigenvalue weighted by atomic mass is 16.5. The molecule has 0 aliphatic carbocycles. The van der Waals surface area contributed by atoms with E-state index >= 15 is 0 Å². The van der Waals surface area contributed by atoms with Gasteiger partial charge < -0.3 is 14.8 Å². The summed E-state index contributed by atoms with van der Waals surface area (Å²) in [6.45, 7) is 5.00. The lowest BCUT2D eigenvalue weighted by molar-refractivity contribution is -0.127. The Hall–Kier alpha value is -3.15. The van der Waals surface area contributed by atoms with Crippen LogP contribution in [0.15, 0.2) is 78.9 Å². The minimum Gasteiger partial charge on any atom is -0.481 e. The van der Waals surface area contributed by atoms with Crippen molar-refractivity contribution in [2.75, 3.05) is 19.7 Å². The topological polar surface area (TPSA) is 50.8 Å². The Kier molecular flexibility index (Phi) is 7.45. The van der Waals surface area contributed by atoms with Crippen molar-refractivity contribution in [2.45, 2.75) is 51.0 Å². The summed E-state index contributed by atoms with van der Waals surface area (Å²) in [5.41, 5.74) is 5.17. The summed E-state index contributed by atoms with van der Waals surface area (Å²) in [6.07, 6.45) is 2.60. The Balaban J connectivity index is 1.35. The lowest BCUT2D eigenvalue weighted by Gasteiger charge is -2.38. The number of amides is 1. The van der Waals surface area contributed by atoms with Crippen molar-refractivity contribution in [1.29, 1.82) is 0 Å². The molecule has 1 N–H and O–H groups in total. The predicted octanol–water partition coefficient (Wildman–Crippen LogP) is 4.90. The number of carbonyl (C=O) groups excluding carboxylic acids is 1. The number of carbonyl (C=O) groups is 1. The van der Waals surface area contributed by atoms with Crippen LogP contribution in [-0.4, -0.2) is 42.7 Å². The summed E-state index contributed by atoms with van der Waals surface area (Å²) in [7, 11) is 0. The molecule has 0 radical (unpaired) electrons. The first-order valence-corrected chi connectivity index (χ1v) is 12.7. The second-order valence-electron chi connectivity index (χ2n) is 9.52. The molecule has 0 saturated carbocycles. The van der Waals surface area contributed by atoms with Gasteiger partial charge in [0.05, 0.1) is 12.1 Å². The minimum absolute atomic E-state index is 0.108. The third-order valence-electron chi connectivity index (χ3n) is 7.00. The van der Waals surface area contributed by atoms with Gasteiger partial charge in [-0.05, 0) is 60.6 Å². The van der Waals surface area contributed by atoms with Gasteiger partial charge in [-0.2, -0.15) is 0 Å². The van der Waals surface area contributed by atoms with Crippen LogP contribution in [0.3, 0.4) is 0 Å². The van der Waals surface area contributed by atoms with Crippen molar-refractivity contribution in [3.63, 3.8) is 0 Å². The van der Waals surface area contributed by atoms with Crippen LogP contribution in [0.4, 0.5) is 0 Å². The van der Waals surface area contributed by atoms with E-state index in [1.54, 1.807) is 6.92 Å². The number of fused-ring (bicyclic) bond motifs is 1. The van der Waals surface area contributed by atoms with Crippen LogP contribution in [0.25, 0.3) is 0 Å². The third kappa shape index (κ3) is 5.75. The van der Waals surface area contributed by atoms with Crippen molar-refractivity contribution in [3.05, 3.63) is 101 Å². The highest BCUT2D eigenvalue weighted by Crippen LogP contribution is 2.38. The molecule has 35 heavy (non-hydrogen) atoms. The maximum absolute atomic E-state index is 12.6. The summed E-state index contributed by atoms with van der Waals surface area (Å²) in [5.74, 6) is 0.620. The zero-order chi connectivity index (χ0) is 24.0. The Morgan fingerprint density at radius 3 is 2.60 bits per heavy atom. The molecule has 2 heterocycles. The van der Waals surface area contributed by atoms with Gasteiger partial charge in [0.15, 0.2) is 6.10 Å². The second kappa shape index (κ2) is 11.1. The van der Waals surface area contributed by atoms with Crippen LogP contribution < -0.4 is 10.1 Å². The van der Waals surface area contributed by atoms with Gasteiger partial charge in [0.2, 0.25) is 0 Å². The van der Waals surface area contributed by atoms with Crippen LogP contribution in [0.5, 0.6) is 5.75 Å². The summed E-state index contributed by atoms with van der Waals surface area (Å²) >= 11 is 0. The van der Waals surface area contributed by atoms with Crippen molar-refractivity contribution >= 4 is 5.91 Å². The Morgan fingerprint density at radius 1 is 1.09 bits per heavy atom. The average molecular weight is 471 g/mol. The molecular weight excluding hydrogens is 436 g/mol. The smallest absolute Gasteiger partial charge is 0.260 e. The first-order valence-electron chi connectivity index (χ1n) is 12.7. The molecule has 0 aromatic heterocycles. The van der Waals surface area contributed by atoms with E-state index in [0.29, 0.717) is 6.54 Å². The Morgan fingerprint density at radius 2 is 1.86 bits per heavy atom. The maximum atomic E-state index is 12.6. The van der Waals surface area contributed by atoms with E-state index in [1.165, 1.54) is 22.3 Å². The van der Waals surface area contributed by atoms with Crippen LogP contribution >= 0.6 is 0 Å². The number of benzene rings is 3. The molecule has 5 rings (SSSR count). The number of rotatable bonds is 8. The van der Waals surface area contributed by atoms with E-state index in [9.17, 15) is 4.79 Å². The Bertz CT molecular complexity index is 1110. The molecule has 0 spiro atoms. The van der Waals surface area contributed by atoms with Crippen LogP contribution in [-0.2, 0) is 22.5 Å². The fourth-order valence-electron chi connectivity index (χ4n) is 5.15. The zero-order valence-electron chi connectivity index (χ0n) is 20.4. The third-order valence-corrected chi connectivity index (χ3v) is 7.00. The number of hydrogen-bond acceptors (Lipinski definition) is 4. The average Bonchev–Trinajstić information content (AvgIpc) is 3.42. The number of ether oxygens (including phenoxy) is 2. The molecular formula is C30H34N2O3. The monoisotopic (exact) mass is 470 g/mol. The molecule has 1 fully saturated rings. The standard InChI is InChI=1S/C30H34N2O3/c1-22(30(33)31-20-27-13-8-18-34-27)35-26-15-14-24-16-17-32(21-23-9-4-2-5-10-23)29(28(24)19-26)25-11-6-3-7-12-25/h2-7,9-12,14-15,19,22,27,29H,8,13,16-18,20-21H2,1H3,(H,31,33). The van der Waals surface area contributed by atoms with Crippen molar-refractivity contribution in [2.24, 2.45) is 0 Å². The van der Waals surface area contributed by atoms with Gasteiger partial charge in [-0.15, -0.1) is 0 Å². The van der Waals surface area contributed by atoms with Crippen molar-refractivity contribution in [1.82, 2.24) is 10.2 Å². The van der Waals surface area contributed by atoms with Crippen LogP contribution in [0.1, 0.15) is 48.1 Å². The largest absolute Gasteiger partial charge is 0.481 e. The molecule has 5 heteroatoms. The second-order valence-corrected chi connectivity index (χ2v) is 9.52. The van der Waals surface area contributed by atoms with Crippen LogP contribution in [0.2, 0.25) is 0 Å². The van der Waals surface area contributed by atoms with Gasteiger partial charge >= 0.3 is 0 Å². The van der Waals surface area contributed by atoms with Gasteiger partial charge in [0.1, 0.15) is 5.75 Å². The van der Waals surface area contributed by atoms with Gasteiger partial charge in [-0.3, -0.25) is 9.69 Å². The molecule has 1 saturated heterocycles. The molecule has 3 unspecified atom stereocenters. The number of hydrogen-bond donors (Lipinski definition) is 1. The lowest BCUT2D eigenvalue weighted by Crippen LogP contribution is -2.40. The molecule has 0 bridgehead atoms. The van der Waals surface area contributed by atoms with E-state index < -0.39 is 6.10 Å². The molecule has 1 amide bonds. The predicted molar refractivity (Wildman–Crippen MR) is 137 cm³/mol. The van der Waals surface area contributed by atoms with Gasteiger partial charge in [0.25, 0.3) is 5.91 Å². The first-order chi connectivity index (χ1) is 17.2. The molecule has 5 nitrogen and oxygen atoms in total. The molecule has 2 aliphatic rings. The van der Waals surface area contributed by atoms with E-state index in [4.69, 9.17) is 9.47 Å². The summed E-state index contributed by atoms with van der Waals surface area (Å²) in [4.78, 5) is 15.2. The van der Waals surface area contributed by atoms with E-state index in [0.717, 1.165) is 44.7 Å². The van der Waals surface area contributed by atoms with Crippen molar-refractivity contribution in [3.8, 4) is 5.75 Å². The van der Waals surface area contributed by atoms with Crippen LogP contribution in [0, 0.1) is 0 Å². The fraction of sp³-hybridized carbons (Fsp3) is 0.367. The van der Waals surface area contributed by atoms with E-state index in [2.05, 4.69) is 83.0 Å². The number of nitrogens with zero attached hydrogens (tertiary/aromatic N) is 1. The fourth-order valence-corrected chi connectivity index (χ4v) is 5.15. The molecule has 182 valence electrons. The summed E-state index contributed by atoms with van der Waals surface area (Å²) in [5, 5.41) is 2.98. The summed E-state index contributed by atoms with van der Waals surface area (Å²) in [6, 6.07) is 27.7. The SMILES string of the molecule is CC(Oc1ccc2c(c1)C(c1ccccc1)N(Cc1ccccc1)CC2)C(=O)NCC1CCCO1. The van der Waals surface area contributed by atoms with E-state index in [1.807, 2.05) is 6.07 Å². The summed E-state index contributed by atoms with van der Waals surface area (Å²) < 4.78 is 11.7. The normalized spacial score (nSPS) is 20.7. The molecule has 3 aromatic carbocycles. The lowest BCUT2D eigenvalue weighted by atomic mass is 9.87. The minimum atomic E-state index is -0.575. The molecule has 2 aliphatic heterocycles. The Labute approximate surface area is 208 Å².